The average Bonchev–Trinajstić information content (AvgIpc) is 2.65. The van der Waals surface area contributed by atoms with Crippen molar-refractivity contribution in [3.8, 4) is 0 Å². The van der Waals surface area contributed by atoms with Crippen LogP contribution in [0.2, 0.25) is 5.02 Å². The van der Waals surface area contributed by atoms with Crippen molar-refractivity contribution >= 4 is 33.2 Å². The molecule has 0 fully saturated rings. The highest BCUT2D eigenvalue weighted by molar-refractivity contribution is 7.89. The number of anilines is 1. The Morgan fingerprint density at radius 3 is 2.50 bits per heavy atom. The van der Waals surface area contributed by atoms with Gasteiger partial charge in [-0.05, 0) is 45.1 Å². The van der Waals surface area contributed by atoms with E-state index in [1.807, 2.05) is 19.0 Å². The second-order valence-electron chi connectivity index (χ2n) is 7.30. The number of aryl methyl sites for hydroxylation is 1. The van der Waals surface area contributed by atoms with E-state index in [0.717, 1.165) is 8.99 Å². The van der Waals surface area contributed by atoms with Crippen LogP contribution in [0.25, 0.3) is 0 Å². The molecular formula is C19H26ClN5O4S. The van der Waals surface area contributed by atoms with Crippen LogP contribution in [0.15, 0.2) is 34.1 Å². The quantitative estimate of drug-likeness (QED) is 0.641. The van der Waals surface area contributed by atoms with Gasteiger partial charge in [-0.3, -0.25) is 9.59 Å². The van der Waals surface area contributed by atoms with Gasteiger partial charge in [-0.2, -0.15) is 5.10 Å². The second kappa shape index (κ2) is 9.69. The third-order valence-electron chi connectivity index (χ3n) is 4.42. The van der Waals surface area contributed by atoms with Crippen LogP contribution in [-0.4, -0.2) is 68.0 Å². The van der Waals surface area contributed by atoms with E-state index in [1.54, 1.807) is 19.1 Å². The van der Waals surface area contributed by atoms with E-state index in [9.17, 15) is 18.0 Å². The van der Waals surface area contributed by atoms with Crippen molar-refractivity contribution in [1.82, 2.24) is 19.0 Å². The number of halogens is 1. The van der Waals surface area contributed by atoms with Crippen LogP contribution >= 0.6 is 11.6 Å². The van der Waals surface area contributed by atoms with Crippen molar-refractivity contribution in [2.75, 3.05) is 40.1 Å². The summed E-state index contributed by atoms with van der Waals surface area (Å²) in [7, 11) is 2.98. The standard InChI is InChI=1S/C19H26ClN5O4S/c1-13-6-7-14(10-17(13)30(28,29)24(4)5)22-18(26)12-25-19(27)15(8-9-23(2)3)16(20)11-21-25/h6-7,10-11H,8-9,12H2,1-5H3,(H,22,26). The van der Waals surface area contributed by atoms with E-state index in [1.165, 1.54) is 26.4 Å². The zero-order valence-electron chi connectivity index (χ0n) is 17.6. The summed E-state index contributed by atoms with van der Waals surface area (Å²) in [5, 5.41) is 6.81. The molecule has 11 heteroatoms. The van der Waals surface area contributed by atoms with Gasteiger partial charge in [0.05, 0.1) is 16.1 Å². The first-order valence-electron chi connectivity index (χ1n) is 9.15. The number of benzene rings is 1. The Balaban J connectivity index is 2.23. The van der Waals surface area contributed by atoms with Gasteiger partial charge < -0.3 is 10.2 Å². The summed E-state index contributed by atoms with van der Waals surface area (Å²) >= 11 is 6.10. The van der Waals surface area contributed by atoms with Gasteiger partial charge in [0, 0.05) is 31.9 Å². The van der Waals surface area contributed by atoms with E-state index in [4.69, 9.17) is 11.6 Å². The van der Waals surface area contributed by atoms with Crippen LogP contribution < -0.4 is 10.9 Å². The summed E-state index contributed by atoms with van der Waals surface area (Å²) in [6.07, 6.45) is 1.77. The monoisotopic (exact) mass is 455 g/mol. The van der Waals surface area contributed by atoms with Gasteiger partial charge in [-0.15, -0.1) is 0 Å². The minimum atomic E-state index is -3.66. The van der Waals surface area contributed by atoms with Gasteiger partial charge in [0.25, 0.3) is 5.56 Å². The van der Waals surface area contributed by atoms with E-state index in [-0.39, 0.29) is 16.5 Å². The number of nitrogens with zero attached hydrogens (tertiary/aromatic N) is 4. The van der Waals surface area contributed by atoms with Crippen LogP contribution in [0.1, 0.15) is 11.1 Å². The van der Waals surface area contributed by atoms with Gasteiger partial charge in [-0.1, -0.05) is 17.7 Å². The molecule has 9 nitrogen and oxygen atoms in total. The number of hydrogen-bond acceptors (Lipinski definition) is 6. The highest BCUT2D eigenvalue weighted by atomic mass is 35.5. The maximum Gasteiger partial charge on any atom is 0.271 e. The SMILES string of the molecule is Cc1ccc(NC(=O)Cn2ncc(Cl)c(CCN(C)C)c2=O)cc1S(=O)(=O)N(C)C. The minimum Gasteiger partial charge on any atom is -0.324 e. The highest BCUT2D eigenvalue weighted by Gasteiger charge is 2.20. The number of rotatable bonds is 8. The normalized spacial score (nSPS) is 11.9. The van der Waals surface area contributed by atoms with Crippen LogP contribution in [0.4, 0.5) is 5.69 Å². The molecule has 0 aliphatic heterocycles. The summed E-state index contributed by atoms with van der Waals surface area (Å²) in [6.45, 7) is 1.97. The van der Waals surface area contributed by atoms with Crippen molar-refractivity contribution in [2.24, 2.45) is 0 Å². The molecule has 2 aromatic rings. The predicted octanol–water partition coefficient (Wildman–Crippen LogP) is 1.20. The fraction of sp³-hybridized carbons (Fsp3) is 0.421. The second-order valence-corrected chi connectivity index (χ2v) is 9.83. The van der Waals surface area contributed by atoms with E-state index in [2.05, 4.69) is 10.4 Å². The van der Waals surface area contributed by atoms with Crippen LogP contribution in [0.3, 0.4) is 0 Å². The van der Waals surface area contributed by atoms with Crippen molar-refractivity contribution < 1.29 is 13.2 Å². The Hall–Kier alpha value is -2.27. The highest BCUT2D eigenvalue weighted by Crippen LogP contribution is 2.22. The summed E-state index contributed by atoms with van der Waals surface area (Å²) in [6, 6.07) is 4.60. The molecule has 0 spiro atoms. The van der Waals surface area contributed by atoms with Crippen molar-refractivity contribution in [3.63, 3.8) is 0 Å². The van der Waals surface area contributed by atoms with Gasteiger partial charge in [-0.25, -0.2) is 17.4 Å². The minimum absolute atomic E-state index is 0.0954. The number of carbonyl (C=O) groups excluding carboxylic acids is 1. The Morgan fingerprint density at radius 2 is 1.90 bits per heavy atom. The largest absolute Gasteiger partial charge is 0.324 e. The molecule has 0 aliphatic rings. The number of sulfonamides is 1. The zero-order valence-corrected chi connectivity index (χ0v) is 19.2. The fourth-order valence-corrected chi connectivity index (χ4v) is 4.04. The Bertz CT molecular complexity index is 1100. The molecule has 0 radical (unpaired) electrons. The van der Waals surface area contributed by atoms with Gasteiger partial charge in [0.1, 0.15) is 6.54 Å². The van der Waals surface area contributed by atoms with Gasteiger partial charge in [0.15, 0.2) is 0 Å². The van der Waals surface area contributed by atoms with Crippen LogP contribution in [0.5, 0.6) is 0 Å². The molecule has 1 aromatic heterocycles. The lowest BCUT2D eigenvalue weighted by atomic mass is 10.2. The molecule has 1 aromatic carbocycles. The molecule has 1 amide bonds. The molecule has 30 heavy (non-hydrogen) atoms. The van der Waals surface area contributed by atoms with E-state index < -0.39 is 21.5 Å². The molecular weight excluding hydrogens is 430 g/mol. The molecule has 1 heterocycles. The topological polar surface area (TPSA) is 105 Å². The average molecular weight is 456 g/mol. The smallest absolute Gasteiger partial charge is 0.271 e. The molecule has 0 bridgehead atoms. The zero-order chi connectivity index (χ0) is 22.6. The van der Waals surface area contributed by atoms with Crippen LogP contribution in [-0.2, 0) is 27.8 Å². The lowest BCUT2D eigenvalue weighted by Gasteiger charge is -2.15. The number of carbonyl (C=O) groups is 1. The number of amides is 1. The third-order valence-corrected chi connectivity index (χ3v) is 6.71. The lowest BCUT2D eigenvalue weighted by molar-refractivity contribution is -0.117. The summed E-state index contributed by atoms with van der Waals surface area (Å²) in [5.41, 5.74) is 0.825. The summed E-state index contributed by atoms with van der Waals surface area (Å²) < 4.78 is 27.0. The molecule has 0 atom stereocenters. The molecule has 0 aliphatic carbocycles. The van der Waals surface area contributed by atoms with Crippen molar-refractivity contribution in [1.29, 1.82) is 0 Å². The summed E-state index contributed by atoms with van der Waals surface area (Å²) in [4.78, 5) is 27.1. The van der Waals surface area contributed by atoms with Gasteiger partial charge >= 0.3 is 0 Å². The third kappa shape index (κ3) is 5.66. The molecule has 2 rings (SSSR count). The number of aromatic nitrogens is 2. The van der Waals surface area contributed by atoms with E-state index >= 15 is 0 Å². The first-order valence-corrected chi connectivity index (χ1v) is 11.0. The number of nitrogens with one attached hydrogen (secondary N) is 1. The molecule has 0 unspecified atom stereocenters. The van der Waals surface area contributed by atoms with Crippen molar-refractivity contribution in [3.05, 3.63) is 50.9 Å². The molecule has 164 valence electrons. The summed E-state index contributed by atoms with van der Waals surface area (Å²) in [5.74, 6) is -0.512. The fourth-order valence-electron chi connectivity index (χ4n) is 2.67. The Morgan fingerprint density at radius 1 is 1.23 bits per heavy atom. The first kappa shape index (κ1) is 24.0. The lowest BCUT2D eigenvalue weighted by Crippen LogP contribution is -2.32. The Kier molecular flexibility index (Phi) is 7.75. The maximum atomic E-state index is 12.6. The van der Waals surface area contributed by atoms with E-state index in [0.29, 0.717) is 29.8 Å². The molecule has 1 N–H and O–H groups in total. The predicted molar refractivity (Wildman–Crippen MR) is 116 cm³/mol. The maximum absolute atomic E-state index is 12.6. The number of hydrogen-bond donors (Lipinski definition) is 1. The van der Waals surface area contributed by atoms with Gasteiger partial charge in [0.2, 0.25) is 15.9 Å². The van der Waals surface area contributed by atoms with Crippen molar-refractivity contribution in [2.45, 2.75) is 24.8 Å². The molecule has 0 saturated carbocycles. The van der Waals surface area contributed by atoms with Crippen LogP contribution in [0, 0.1) is 6.92 Å². The molecule has 0 saturated heterocycles. The number of likely N-dealkylation sites (N-methyl/N-ethyl adjacent to an activating group) is 1. The first-order chi connectivity index (χ1) is 13.9. The Labute approximate surface area is 181 Å².